The van der Waals surface area contributed by atoms with Gasteiger partial charge < -0.3 is 39.2 Å². The number of hydrogen-bond donors (Lipinski definition) is 4. The number of aliphatic hydroxyl groups is 4. The van der Waals surface area contributed by atoms with E-state index in [9.17, 15) is 20.4 Å². The van der Waals surface area contributed by atoms with E-state index >= 15 is 0 Å². The average molecular weight is 467 g/mol. The van der Waals surface area contributed by atoms with Gasteiger partial charge >= 0.3 is 0 Å². The maximum absolute atomic E-state index is 10.3. The third kappa shape index (κ3) is 4.30. The van der Waals surface area contributed by atoms with Crippen molar-refractivity contribution in [2.24, 2.45) is 0 Å². The average Bonchev–Trinajstić information content (AvgIpc) is 3.53. The molecule has 1 fully saturated rings. The van der Waals surface area contributed by atoms with Gasteiger partial charge in [-0.05, 0) is 42.0 Å². The predicted molar refractivity (Wildman–Crippen MR) is 120 cm³/mol. The number of ether oxygens (including phenoxy) is 1. The smallest absolute Gasteiger partial charge is 0.191 e. The van der Waals surface area contributed by atoms with Crippen molar-refractivity contribution in [3.8, 4) is 11.4 Å². The summed E-state index contributed by atoms with van der Waals surface area (Å²) in [6.07, 6.45) is -1.42. The summed E-state index contributed by atoms with van der Waals surface area (Å²) in [6, 6.07) is 17.3. The van der Waals surface area contributed by atoms with E-state index in [0.717, 1.165) is 11.3 Å². The van der Waals surface area contributed by atoms with Crippen molar-refractivity contribution < 1.29 is 34.9 Å². The second-order valence-electron chi connectivity index (χ2n) is 8.13. The Morgan fingerprint density at radius 3 is 2.44 bits per heavy atom. The lowest BCUT2D eigenvalue weighted by molar-refractivity contribution is -0.364. The molecule has 1 aliphatic heterocycles. The highest BCUT2D eigenvalue weighted by atomic mass is 17.2. The summed E-state index contributed by atoms with van der Waals surface area (Å²) in [5.74, 6) is 0.317. The first-order chi connectivity index (χ1) is 16.5. The molecule has 1 saturated heterocycles. The Kier molecular flexibility index (Phi) is 6.33. The summed E-state index contributed by atoms with van der Waals surface area (Å²) in [4.78, 5) is 15.2. The minimum Gasteiger partial charge on any atom is -0.394 e. The topological polar surface area (TPSA) is 131 Å². The Morgan fingerprint density at radius 2 is 1.71 bits per heavy atom. The summed E-state index contributed by atoms with van der Waals surface area (Å²) >= 11 is 0. The van der Waals surface area contributed by atoms with Gasteiger partial charge in [0, 0.05) is 24.6 Å². The molecule has 0 amide bonds. The molecule has 5 rings (SSSR count). The van der Waals surface area contributed by atoms with E-state index in [1.807, 2.05) is 64.0 Å². The van der Waals surface area contributed by atoms with Crippen LogP contribution in [-0.2, 0) is 16.2 Å². The van der Waals surface area contributed by atoms with Crippen molar-refractivity contribution in [3.05, 3.63) is 78.9 Å². The molecule has 0 spiro atoms. The molecule has 5 atom stereocenters. The van der Waals surface area contributed by atoms with Gasteiger partial charge in [0.2, 0.25) is 0 Å². The van der Waals surface area contributed by atoms with Crippen LogP contribution in [-0.4, -0.2) is 71.9 Å². The van der Waals surface area contributed by atoms with E-state index in [2.05, 4.69) is 4.98 Å². The first-order valence-corrected chi connectivity index (χ1v) is 10.8. The highest BCUT2D eigenvalue weighted by molar-refractivity contribution is 5.82. The van der Waals surface area contributed by atoms with Gasteiger partial charge in [0.05, 0.1) is 18.5 Å². The van der Waals surface area contributed by atoms with Crippen LogP contribution in [0.25, 0.3) is 16.7 Å². The Morgan fingerprint density at radius 1 is 0.941 bits per heavy atom. The van der Waals surface area contributed by atoms with Crippen molar-refractivity contribution in [3.63, 3.8) is 0 Å². The molecule has 2 aromatic heterocycles. The highest BCUT2D eigenvalue weighted by Gasteiger charge is 2.45. The van der Waals surface area contributed by atoms with Crippen LogP contribution in [0.2, 0.25) is 0 Å². The number of para-hydroxylation sites is 1. The molecular weight excluding hydrogens is 442 g/mol. The zero-order chi connectivity index (χ0) is 23.7. The van der Waals surface area contributed by atoms with E-state index in [4.69, 9.17) is 14.5 Å². The fourth-order valence-electron chi connectivity index (χ4n) is 4.04. The van der Waals surface area contributed by atoms with Gasteiger partial charge in [-0.1, -0.05) is 18.2 Å². The lowest BCUT2D eigenvalue weighted by atomic mass is 9.99. The van der Waals surface area contributed by atoms with Crippen LogP contribution in [0.1, 0.15) is 5.56 Å². The maximum atomic E-state index is 10.3. The van der Waals surface area contributed by atoms with Crippen LogP contribution in [0.15, 0.2) is 73.3 Å². The van der Waals surface area contributed by atoms with Crippen LogP contribution in [0.4, 0.5) is 0 Å². The number of benzene rings is 2. The van der Waals surface area contributed by atoms with E-state index < -0.39 is 37.3 Å². The number of aromatic nitrogens is 3. The van der Waals surface area contributed by atoms with Crippen molar-refractivity contribution in [1.82, 2.24) is 14.1 Å². The first-order valence-electron chi connectivity index (χ1n) is 10.8. The Labute approximate surface area is 194 Å². The fraction of sp³-hybridized carbons (Fsp3) is 0.292. The summed E-state index contributed by atoms with van der Waals surface area (Å²) in [5.41, 5.74) is 3.44. The van der Waals surface area contributed by atoms with E-state index in [1.54, 1.807) is 18.5 Å². The van der Waals surface area contributed by atoms with Gasteiger partial charge in [0.25, 0.3) is 0 Å². The molecule has 3 heterocycles. The third-order valence-electron chi connectivity index (χ3n) is 5.88. The lowest BCUT2D eigenvalue weighted by Gasteiger charge is -2.38. The van der Waals surface area contributed by atoms with Gasteiger partial charge in [-0.2, -0.15) is 4.89 Å². The molecule has 10 nitrogen and oxygen atoms in total. The Hall–Kier alpha value is -3.25. The minimum absolute atomic E-state index is 0.317. The largest absolute Gasteiger partial charge is 0.394 e. The second-order valence-corrected chi connectivity index (χ2v) is 8.13. The summed E-state index contributed by atoms with van der Waals surface area (Å²) < 4.78 is 9.03. The Bertz CT molecular complexity index is 1230. The van der Waals surface area contributed by atoms with E-state index in [1.165, 1.54) is 0 Å². The third-order valence-corrected chi connectivity index (χ3v) is 5.88. The molecule has 2 aromatic carbocycles. The van der Waals surface area contributed by atoms with Gasteiger partial charge in [-0.25, -0.2) is 4.98 Å². The van der Waals surface area contributed by atoms with Crippen molar-refractivity contribution >= 4 is 11.0 Å². The molecule has 1 unspecified atom stereocenters. The highest BCUT2D eigenvalue weighted by Crippen LogP contribution is 2.28. The monoisotopic (exact) mass is 467 g/mol. The quantitative estimate of drug-likeness (QED) is 0.234. The number of aliphatic hydroxyl groups excluding tert-OH is 4. The molecule has 0 radical (unpaired) electrons. The molecule has 0 bridgehead atoms. The molecule has 0 saturated carbocycles. The van der Waals surface area contributed by atoms with Gasteiger partial charge in [-0.3, -0.25) is 0 Å². The normalized spacial score (nSPS) is 25.0. The summed E-state index contributed by atoms with van der Waals surface area (Å²) in [7, 11) is 0. The SMILES string of the molecule is OC[C@H]1OC(O)[C@H](OOc2cccc3ncn(Cc4ccc(-n5cccc5)cc4)c23)[C@@H](O)[C@@H]1O. The number of fused-ring (bicyclic) bond motifs is 1. The van der Waals surface area contributed by atoms with Crippen molar-refractivity contribution in [1.29, 1.82) is 0 Å². The standard InChI is InChI=1S/C24H25N3O7/c28-13-19-21(29)22(30)23(24(31)32-19)34-33-18-5-3-4-17-20(18)27(14-25-17)12-15-6-8-16(9-7-15)26-10-1-2-11-26/h1-11,14,19,21-24,28-31H,12-13H2/t19-,21-,22+,23-,24?/m1/s1. The van der Waals surface area contributed by atoms with Crippen LogP contribution < -0.4 is 4.89 Å². The lowest BCUT2D eigenvalue weighted by Crippen LogP contribution is -2.59. The number of rotatable bonds is 7. The second kappa shape index (κ2) is 9.55. The van der Waals surface area contributed by atoms with E-state index in [-0.39, 0.29) is 0 Å². The predicted octanol–water partition coefficient (Wildman–Crippen LogP) is 0.986. The van der Waals surface area contributed by atoms with Crippen LogP contribution in [0, 0.1) is 0 Å². The van der Waals surface area contributed by atoms with Gasteiger partial charge in [0.1, 0.15) is 23.8 Å². The zero-order valence-electron chi connectivity index (χ0n) is 18.1. The maximum Gasteiger partial charge on any atom is 0.191 e. The molecule has 4 aromatic rings. The molecule has 10 heteroatoms. The Balaban J connectivity index is 1.34. The molecular formula is C24H25N3O7. The summed E-state index contributed by atoms with van der Waals surface area (Å²) in [5, 5.41) is 39.7. The summed E-state index contributed by atoms with van der Waals surface area (Å²) in [6.45, 7) is -0.0364. The zero-order valence-corrected chi connectivity index (χ0v) is 18.1. The van der Waals surface area contributed by atoms with Gasteiger partial charge in [-0.15, -0.1) is 0 Å². The van der Waals surface area contributed by atoms with Crippen molar-refractivity contribution in [2.75, 3.05) is 6.61 Å². The number of imidazole rings is 1. The van der Waals surface area contributed by atoms with Crippen LogP contribution in [0.5, 0.6) is 5.75 Å². The first kappa shape index (κ1) is 22.5. The molecule has 34 heavy (non-hydrogen) atoms. The number of hydrogen-bond acceptors (Lipinski definition) is 8. The van der Waals surface area contributed by atoms with Gasteiger partial charge in [0.15, 0.2) is 18.1 Å². The van der Waals surface area contributed by atoms with E-state index in [0.29, 0.717) is 23.3 Å². The molecule has 178 valence electrons. The molecule has 1 aliphatic rings. The molecule has 0 aliphatic carbocycles. The number of nitrogens with zero attached hydrogens (tertiary/aromatic N) is 3. The van der Waals surface area contributed by atoms with Crippen LogP contribution in [0.3, 0.4) is 0 Å². The minimum atomic E-state index is -1.60. The fourth-order valence-corrected chi connectivity index (χ4v) is 4.04. The van der Waals surface area contributed by atoms with Crippen molar-refractivity contribution in [2.45, 2.75) is 37.3 Å². The molecule has 4 N–H and O–H groups in total. The van der Waals surface area contributed by atoms with Crippen LogP contribution >= 0.6 is 0 Å².